The summed E-state index contributed by atoms with van der Waals surface area (Å²) < 4.78 is 13.1. The Balaban J connectivity index is 1.68. The van der Waals surface area contributed by atoms with Gasteiger partial charge in [-0.05, 0) is 43.7 Å². The number of aryl methyl sites for hydroxylation is 1. The molecular formula is C21H23FN2O2S. The van der Waals surface area contributed by atoms with E-state index < -0.39 is 0 Å². The van der Waals surface area contributed by atoms with E-state index in [-0.39, 0.29) is 23.0 Å². The molecule has 0 N–H and O–H groups in total. The SMILES string of the molecule is CCN(CCN1C(=O)CS[C@@H]1c1ccc(C)cc1)C(=O)c1ccc(F)cc1. The van der Waals surface area contributed by atoms with Gasteiger partial charge in [0, 0.05) is 25.2 Å². The monoisotopic (exact) mass is 386 g/mol. The summed E-state index contributed by atoms with van der Waals surface area (Å²) in [5.41, 5.74) is 2.74. The number of thioether (sulfide) groups is 1. The van der Waals surface area contributed by atoms with Crippen LogP contribution >= 0.6 is 11.8 Å². The van der Waals surface area contributed by atoms with Crippen LogP contribution in [0.3, 0.4) is 0 Å². The molecule has 1 heterocycles. The van der Waals surface area contributed by atoms with Crippen molar-refractivity contribution in [3.8, 4) is 0 Å². The molecule has 1 saturated heterocycles. The van der Waals surface area contributed by atoms with E-state index in [4.69, 9.17) is 0 Å². The molecule has 0 bridgehead atoms. The van der Waals surface area contributed by atoms with Crippen LogP contribution < -0.4 is 0 Å². The van der Waals surface area contributed by atoms with Gasteiger partial charge >= 0.3 is 0 Å². The molecule has 0 aromatic heterocycles. The van der Waals surface area contributed by atoms with Crippen molar-refractivity contribution < 1.29 is 14.0 Å². The van der Waals surface area contributed by atoms with E-state index in [1.807, 2.05) is 30.9 Å². The second-order valence-electron chi connectivity index (χ2n) is 6.55. The summed E-state index contributed by atoms with van der Waals surface area (Å²) >= 11 is 1.61. The summed E-state index contributed by atoms with van der Waals surface area (Å²) in [6.07, 6.45) is 0. The number of carbonyl (C=O) groups is 2. The first kappa shape index (κ1) is 19.4. The van der Waals surface area contributed by atoms with E-state index in [9.17, 15) is 14.0 Å². The highest BCUT2D eigenvalue weighted by Gasteiger charge is 2.33. The third-order valence-corrected chi connectivity index (χ3v) is 5.96. The first-order valence-corrected chi connectivity index (χ1v) is 10.1. The van der Waals surface area contributed by atoms with E-state index in [0.29, 0.717) is 31.0 Å². The van der Waals surface area contributed by atoms with Gasteiger partial charge in [0.05, 0.1) is 5.75 Å². The Hall–Kier alpha value is -2.34. The number of nitrogens with zero attached hydrogens (tertiary/aromatic N) is 2. The summed E-state index contributed by atoms with van der Waals surface area (Å²) in [7, 11) is 0. The summed E-state index contributed by atoms with van der Waals surface area (Å²) in [5.74, 6) is 0.0334. The highest BCUT2D eigenvalue weighted by atomic mass is 32.2. The molecular weight excluding hydrogens is 363 g/mol. The Morgan fingerprint density at radius 1 is 1.19 bits per heavy atom. The zero-order chi connectivity index (χ0) is 19.4. The molecule has 1 atom stereocenters. The Bertz CT molecular complexity index is 808. The van der Waals surface area contributed by atoms with Crippen molar-refractivity contribution in [1.82, 2.24) is 9.80 Å². The topological polar surface area (TPSA) is 40.6 Å². The van der Waals surface area contributed by atoms with Gasteiger partial charge in [-0.15, -0.1) is 11.8 Å². The maximum Gasteiger partial charge on any atom is 0.253 e. The molecule has 142 valence electrons. The summed E-state index contributed by atoms with van der Waals surface area (Å²) in [5, 5.41) is -0.0160. The van der Waals surface area contributed by atoms with Crippen LogP contribution in [0.5, 0.6) is 0 Å². The number of likely N-dealkylation sites (N-methyl/N-ethyl adjacent to an activating group) is 1. The normalized spacial score (nSPS) is 16.6. The number of hydrogen-bond acceptors (Lipinski definition) is 3. The van der Waals surface area contributed by atoms with E-state index in [2.05, 4.69) is 12.1 Å². The van der Waals surface area contributed by atoms with Crippen molar-refractivity contribution in [2.24, 2.45) is 0 Å². The van der Waals surface area contributed by atoms with Gasteiger partial charge in [-0.2, -0.15) is 0 Å². The van der Waals surface area contributed by atoms with Crippen molar-refractivity contribution in [2.75, 3.05) is 25.4 Å². The quantitative estimate of drug-likeness (QED) is 0.757. The second kappa shape index (κ2) is 8.57. The van der Waals surface area contributed by atoms with Crippen molar-refractivity contribution >= 4 is 23.6 Å². The van der Waals surface area contributed by atoms with Crippen molar-refractivity contribution in [3.05, 3.63) is 71.0 Å². The molecule has 27 heavy (non-hydrogen) atoms. The zero-order valence-electron chi connectivity index (χ0n) is 15.5. The van der Waals surface area contributed by atoms with Gasteiger partial charge in [-0.1, -0.05) is 29.8 Å². The fourth-order valence-corrected chi connectivity index (χ4v) is 4.33. The van der Waals surface area contributed by atoms with Crippen LogP contribution in [0.15, 0.2) is 48.5 Å². The molecule has 0 radical (unpaired) electrons. The minimum Gasteiger partial charge on any atom is -0.337 e. The molecule has 3 rings (SSSR count). The fourth-order valence-electron chi connectivity index (χ4n) is 3.11. The van der Waals surface area contributed by atoms with Crippen LogP contribution in [-0.4, -0.2) is 47.0 Å². The number of hydrogen-bond donors (Lipinski definition) is 0. The van der Waals surface area contributed by atoms with E-state index >= 15 is 0 Å². The van der Waals surface area contributed by atoms with Crippen LogP contribution in [0.25, 0.3) is 0 Å². The van der Waals surface area contributed by atoms with Gasteiger partial charge in [-0.3, -0.25) is 9.59 Å². The molecule has 1 aliphatic heterocycles. The van der Waals surface area contributed by atoms with Gasteiger partial charge in [0.2, 0.25) is 5.91 Å². The van der Waals surface area contributed by atoms with Crippen LogP contribution in [0.4, 0.5) is 4.39 Å². The fraction of sp³-hybridized carbons (Fsp3) is 0.333. The van der Waals surface area contributed by atoms with Crippen LogP contribution in [0, 0.1) is 12.7 Å². The Labute approximate surface area is 163 Å². The number of halogens is 1. The summed E-state index contributed by atoms with van der Waals surface area (Å²) in [4.78, 5) is 28.6. The lowest BCUT2D eigenvalue weighted by molar-refractivity contribution is -0.128. The largest absolute Gasteiger partial charge is 0.337 e. The summed E-state index contributed by atoms with van der Waals surface area (Å²) in [6.45, 7) is 5.39. The molecule has 2 amide bonds. The number of rotatable bonds is 6. The molecule has 4 nitrogen and oxygen atoms in total. The molecule has 0 aliphatic carbocycles. The van der Waals surface area contributed by atoms with Crippen LogP contribution in [0.1, 0.15) is 33.8 Å². The highest BCUT2D eigenvalue weighted by Crippen LogP contribution is 2.38. The molecule has 0 unspecified atom stereocenters. The predicted octanol–water partition coefficient (Wildman–Crippen LogP) is 3.87. The van der Waals surface area contributed by atoms with E-state index in [1.54, 1.807) is 16.7 Å². The standard InChI is InChI=1S/C21H23FN2O2S/c1-3-23(20(26)16-8-10-18(22)11-9-16)12-13-24-19(25)14-27-21(24)17-6-4-15(2)5-7-17/h4-11,21H,3,12-14H2,1-2H3/t21-/m1/s1. The number of carbonyl (C=O) groups excluding carboxylic acids is 2. The Morgan fingerprint density at radius 3 is 2.48 bits per heavy atom. The van der Waals surface area contributed by atoms with Gasteiger partial charge in [0.1, 0.15) is 11.2 Å². The third kappa shape index (κ3) is 4.50. The Morgan fingerprint density at radius 2 is 1.85 bits per heavy atom. The van der Waals surface area contributed by atoms with Crippen molar-refractivity contribution in [1.29, 1.82) is 0 Å². The molecule has 2 aromatic rings. The van der Waals surface area contributed by atoms with E-state index in [0.717, 1.165) is 5.56 Å². The third-order valence-electron chi connectivity index (χ3n) is 4.70. The summed E-state index contributed by atoms with van der Waals surface area (Å²) in [6, 6.07) is 13.8. The zero-order valence-corrected chi connectivity index (χ0v) is 16.3. The lowest BCUT2D eigenvalue weighted by atomic mass is 10.1. The molecule has 1 aliphatic rings. The number of amides is 2. The van der Waals surface area contributed by atoms with Crippen molar-refractivity contribution in [3.63, 3.8) is 0 Å². The maximum absolute atomic E-state index is 13.1. The molecule has 0 saturated carbocycles. The Kier molecular flexibility index (Phi) is 6.16. The maximum atomic E-state index is 13.1. The van der Waals surface area contributed by atoms with Crippen LogP contribution in [0.2, 0.25) is 0 Å². The lowest BCUT2D eigenvalue weighted by Gasteiger charge is -2.28. The number of benzene rings is 2. The van der Waals surface area contributed by atoms with Gasteiger partial charge in [0.15, 0.2) is 0 Å². The highest BCUT2D eigenvalue weighted by molar-refractivity contribution is 8.00. The predicted molar refractivity (Wildman–Crippen MR) is 106 cm³/mol. The molecule has 0 spiro atoms. The molecule has 2 aromatic carbocycles. The minimum atomic E-state index is -0.366. The average molecular weight is 386 g/mol. The molecule has 6 heteroatoms. The smallest absolute Gasteiger partial charge is 0.253 e. The lowest BCUT2D eigenvalue weighted by Crippen LogP contribution is -2.40. The van der Waals surface area contributed by atoms with Gasteiger partial charge in [0.25, 0.3) is 5.91 Å². The van der Waals surface area contributed by atoms with Crippen molar-refractivity contribution in [2.45, 2.75) is 19.2 Å². The minimum absolute atomic E-state index is 0.0160. The van der Waals surface area contributed by atoms with Crippen LogP contribution in [-0.2, 0) is 4.79 Å². The van der Waals surface area contributed by atoms with Gasteiger partial charge in [-0.25, -0.2) is 4.39 Å². The second-order valence-corrected chi connectivity index (χ2v) is 7.62. The van der Waals surface area contributed by atoms with E-state index in [1.165, 1.54) is 29.8 Å². The average Bonchev–Trinajstić information content (AvgIpc) is 3.04. The first-order valence-electron chi connectivity index (χ1n) is 9.02. The molecule has 1 fully saturated rings. The first-order chi connectivity index (χ1) is 13.0. The van der Waals surface area contributed by atoms with Gasteiger partial charge < -0.3 is 9.80 Å².